The Labute approximate surface area is 278 Å². The highest BCUT2D eigenvalue weighted by Crippen LogP contribution is 2.40. The molecule has 3 saturated heterocycles. The number of rotatable bonds is 13. The van der Waals surface area contributed by atoms with E-state index >= 15 is 0 Å². The molecule has 14 unspecified atom stereocenters. The van der Waals surface area contributed by atoms with Crippen molar-refractivity contribution in [1.29, 1.82) is 0 Å². The molecule has 20 heteroatoms. The Bertz CT molecular complexity index is 1250. The Morgan fingerprint density at radius 1 is 0.776 bits per heavy atom. The second-order valence-electron chi connectivity index (χ2n) is 11.4. The summed E-state index contributed by atoms with van der Waals surface area (Å²) in [7, 11) is 2.59. The van der Waals surface area contributed by atoms with E-state index in [1.54, 1.807) is 0 Å². The number of aromatic hydroxyl groups is 1. The summed E-state index contributed by atoms with van der Waals surface area (Å²) in [6, 6.07) is 2.74. The molecule has 3 fully saturated rings. The van der Waals surface area contributed by atoms with Gasteiger partial charge < -0.3 is 94.1 Å². The van der Waals surface area contributed by atoms with Crippen molar-refractivity contribution in [3.8, 4) is 17.2 Å². The van der Waals surface area contributed by atoms with Crippen molar-refractivity contribution in [3.63, 3.8) is 0 Å². The fourth-order valence-electron chi connectivity index (χ4n) is 5.60. The minimum Gasteiger partial charge on any atom is -0.502 e. The molecule has 0 amide bonds. The first-order valence-corrected chi connectivity index (χ1v) is 15.0. The molecule has 1 aromatic carbocycles. The lowest BCUT2D eigenvalue weighted by Crippen LogP contribution is -2.66. The Hall–Kier alpha value is -2.77. The van der Waals surface area contributed by atoms with E-state index in [0.717, 1.165) is 6.08 Å². The molecule has 3 aliphatic heterocycles. The Morgan fingerprint density at radius 2 is 1.35 bits per heavy atom. The molecular formula is C29H42O20. The summed E-state index contributed by atoms with van der Waals surface area (Å²) >= 11 is 0. The minimum atomic E-state index is -2.53. The highest BCUT2D eigenvalue weighted by Gasteiger charge is 2.61. The fraction of sp³-hybridized carbons (Fsp3) is 0.690. The van der Waals surface area contributed by atoms with Gasteiger partial charge in [0.1, 0.15) is 67.6 Å². The van der Waals surface area contributed by atoms with Crippen LogP contribution in [-0.2, 0) is 33.2 Å². The third-order valence-corrected chi connectivity index (χ3v) is 8.31. The van der Waals surface area contributed by atoms with Crippen LogP contribution in [0.4, 0.5) is 0 Å². The maximum absolute atomic E-state index is 12.9. The predicted octanol–water partition coefficient (Wildman–Crippen LogP) is -5.58. The number of hydrogen-bond donors (Lipinski definition) is 11. The maximum atomic E-state index is 12.9. The van der Waals surface area contributed by atoms with E-state index in [1.165, 1.54) is 32.4 Å². The van der Waals surface area contributed by atoms with Crippen molar-refractivity contribution >= 4 is 12.0 Å². The van der Waals surface area contributed by atoms with Gasteiger partial charge in [0.05, 0.1) is 34.0 Å². The van der Waals surface area contributed by atoms with E-state index in [0.29, 0.717) is 5.56 Å². The number of aliphatic hydroxyl groups is 10. The SMILES string of the molecule is COc1cc(C=CC(=O)OC2C(O)C(CO)OC2(CO)OC2OC(CO)C(OC3OC(CO)C(O)C(O)C3O)C(O)C2O)cc(OC)c1O. The van der Waals surface area contributed by atoms with Gasteiger partial charge in [-0.3, -0.25) is 0 Å². The third-order valence-electron chi connectivity index (χ3n) is 8.31. The lowest BCUT2D eigenvalue weighted by molar-refractivity contribution is -0.398. The zero-order valence-corrected chi connectivity index (χ0v) is 26.2. The molecule has 1 aromatic rings. The fourth-order valence-corrected chi connectivity index (χ4v) is 5.60. The number of aliphatic hydroxyl groups excluding tert-OH is 10. The average molecular weight is 711 g/mol. The van der Waals surface area contributed by atoms with Crippen LogP contribution in [0.15, 0.2) is 18.2 Å². The highest BCUT2D eigenvalue weighted by atomic mass is 16.8. The smallest absolute Gasteiger partial charge is 0.331 e. The zero-order valence-electron chi connectivity index (χ0n) is 26.2. The molecule has 3 heterocycles. The van der Waals surface area contributed by atoms with Crippen molar-refractivity contribution < 1.29 is 98.9 Å². The van der Waals surface area contributed by atoms with E-state index in [-0.39, 0.29) is 17.2 Å². The molecule has 0 bridgehead atoms. The van der Waals surface area contributed by atoms with Crippen LogP contribution in [0.3, 0.4) is 0 Å². The summed E-state index contributed by atoms with van der Waals surface area (Å²) in [5.74, 6) is -3.88. The third kappa shape index (κ3) is 7.93. The molecule has 0 saturated carbocycles. The summed E-state index contributed by atoms with van der Waals surface area (Å²) in [5, 5.41) is 113. The number of ether oxygens (including phenoxy) is 8. The number of phenols is 1. The topological polar surface area (TPSA) is 313 Å². The Balaban J connectivity index is 1.52. The molecule has 11 N–H and O–H groups in total. The van der Waals surface area contributed by atoms with E-state index < -0.39 is 118 Å². The van der Waals surface area contributed by atoms with E-state index in [2.05, 4.69) is 0 Å². The van der Waals surface area contributed by atoms with Gasteiger partial charge in [-0.15, -0.1) is 0 Å². The molecule has 14 atom stereocenters. The first kappa shape index (κ1) is 39.0. The van der Waals surface area contributed by atoms with Gasteiger partial charge in [0.15, 0.2) is 30.2 Å². The summed E-state index contributed by atoms with van der Waals surface area (Å²) in [5.41, 5.74) is 0.313. The quantitative estimate of drug-likeness (QED) is 0.0671. The molecular weight excluding hydrogens is 668 g/mol. The van der Waals surface area contributed by atoms with Gasteiger partial charge in [-0.25, -0.2) is 4.79 Å². The molecule has 0 aliphatic carbocycles. The van der Waals surface area contributed by atoms with Crippen LogP contribution in [0.1, 0.15) is 5.56 Å². The van der Waals surface area contributed by atoms with E-state index in [1.807, 2.05) is 0 Å². The lowest BCUT2D eigenvalue weighted by atomic mass is 9.96. The number of carbonyl (C=O) groups is 1. The van der Waals surface area contributed by atoms with Gasteiger partial charge in [0.2, 0.25) is 11.5 Å². The number of phenolic OH excluding ortho intramolecular Hbond substituents is 1. The second kappa shape index (κ2) is 16.5. The van der Waals surface area contributed by atoms with Crippen LogP contribution in [0, 0.1) is 0 Å². The lowest BCUT2D eigenvalue weighted by Gasteiger charge is -2.47. The number of esters is 1. The van der Waals surface area contributed by atoms with Crippen LogP contribution in [0.2, 0.25) is 0 Å². The van der Waals surface area contributed by atoms with Crippen molar-refractivity contribution in [2.24, 2.45) is 0 Å². The molecule has 3 aliphatic rings. The van der Waals surface area contributed by atoms with Crippen LogP contribution in [0.25, 0.3) is 6.08 Å². The molecule has 4 rings (SSSR count). The van der Waals surface area contributed by atoms with Gasteiger partial charge in [0, 0.05) is 6.08 Å². The summed E-state index contributed by atoms with van der Waals surface area (Å²) < 4.78 is 43.1. The Kier molecular flexibility index (Phi) is 13.1. The Morgan fingerprint density at radius 3 is 1.90 bits per heavy atom. The van der Waals surface area contributed by atoms with Crippen LogP contribution in [0.5, 0.6) is 17.2 Å². The molecule has 278 valence electrons. The summed E-state index contributed by atoms with van der Waals surface area (Å²) in [6.07, 6.45) is -21.1. The maximum Gasteiger partial charge on any atom is 0.331 e. The van der Waals surface area contributed by atoms with Gasteiger partial charge in [-0.05, 0) is 23.8 Å². The normalized spacial score (nSPS) is 39.6. The predicted molar refractivity (Wildman–Crippen MR) is 155 cm³/mol. The monoisotopic (exact) mass is 710 g/mol. The second-order valence-corrected chi connectivity index (χ2v) is 11.4. The first-order chi connectivity index (χ1) is 23.3. The van der Waals surface area contributed by atoms with Gasteiger partial charge in [-0.1, -0.05) is 0 Å². The number of carbonyl (C=O) groups excluding carboxylic acids is 1. The van der Waals surface area contributed by atoms with Gasteiger partial charge in [0.25, 0.3) is 0 Å². The van der Waals surface area contributed by atoms with Crippen LogP contribution < -0.4 is 9.47 Å². The first-order valence-electron chi connectivity index (χ1n) is 15.0. The largest absolute Gasteiger partial charge is 0.502 e. The van der Waals surface area contributed by atoms with Crippen molar-refractivity contribution in [2.45, 2.75) is 85.5 Å². The standard InChI is InChI=1S/C29H42O20/c1-42-12-5-11(6-13(43-2)18(12)35)3-4-17(34)46-26-20(37)15(8-31)48-29(26,10-33)49-28-24(41)22(39)25(16(9-32)45-28)47-27-23(40)21(38)19(36)14(7-30)44-27/h3-6,14-16,19-28,30-33,35-41H,7-10H2,1-2H3. The molecule has 0 radical (unpaired) electrons. The van der Waals surface area contributed by atoms with Crippen LogP contribution >= 0.6 is 0 Å². The molecule has 49 heavy (non-hydrogen) atoms. The zero-order chi connectivity index (χ0) is 36.2. The van der Waals surface area contributed by atoms with Gasteiger partial charge >= 0.3 is 5.97 Å². The van der Waals surface area contributed by atoms with Crippen molar-refractivity contribution in [2.75, 3.05) is 40.6 Å². The van der Waals surface area contributed by atoms with Gasteiger partial charge in [-0.2, -0.15) is 0 Å². The molecule has 0 aromatic heterocycles. The summed E-state index contributed by atoms with van der Waals surface area (Å²) in [4.78, 5) is 12.9. The average Bonchev–Trinajstić information content (AvgIpc) is 3.36. The van der Waals surface area contributed by atoms with E-state index in [4.69, 9.17) is 37.9 Å². The minimum absolute atomic E-state index is 0.0284. The molecule has 20 nitrogen and oxygen atoms in total. The molecule has 0 spiro atoms. The number of methoxy groups -OCH3 is 2. The number of benzene rings is 1. The van der Waals surface area contributed by atoms with Crippen molar-refractivity contribution in [1.82, 2.24) is 0 Å². The van der Waals surface area contributed by atoms with Crippen molar-refractivity contribution in [3.05, 3.63) is 23.8 Å². The highest BCUT2D eigenvalue weighted by molar-refractivity contribution is 5.87. The van der Waals surface area contributed by atoms with Crippen LogP contribution in [-0.4, -0.2) is 188 Å². The van der Waals surface area contributed by atoms with E-state index in [9.17, 15) is 61.0 Å². The number of hydrogen-bond acceptors (Lipinski definition) is 20. The summed E-state index contributed by atoms with van der Waals surface area (Å²) in [6.45, 7) is -3.74.